The molecule has 1 heterocycles. The molecule has 0 saturated carbocycles. The first-order valence-electron chi connectivity index (χ1n) is 5.88. The molecular formula is C12H12F4N2O. The Labute approximate surface area is 107 Å². The second kappa shape index (κ2) is 5.56. The summed E-state index contributed by atoms with van der Waals surface area (Å²) in [5, 5.41) is 4.76. The molecule has 0 radical (unpaired) electrons. The van der Waals surface area contributed by atoms with Crippen LogP contribution < -0.4 is 10.6 Å². The molecule has 1 aliphatic heterocycles. The Morgan fingerprint density at radius 2 is 1.79 bits per heavy atom. The molecule has 7 heteroatoms. The van der Waals surface area contributed by atoms with Crippen molar-refractivity contribution in [2.45, 2.75) is 25.3 Å². The Morgan fingerprint density at radius 3 is 2.32 bits per heavy atom. The first kappa shape index (κ1) is 13.8. The molecule has 2 N–H and O–H groups in total. The first-order chi connectivity index (χ1) is 9.00. The van der Waals surface area contributed by atoms with Crippen LogP contribution >= 0.6 is 0 Å². The summed E-state index contributed by atoms with van der Waals surface area (Å²) in [6, 6.07) is -0.516. The second-order valence-corrected chi connectivity index (χ2v) is 4.33. The summed E-state index contributed by atoms with van der Waals surface area (Å²) < 4.78 is 52.6. The predicted molar refractivity (Wildman–Crippen MR) is 60.5 cm³/mol. The number of hydrogen-bond acceptors (Lipinski definition) is 2. The van der Waals surface area contributed by atoms with E-state index in [0.717, 1.165) is 12.8 Å². The molecule has 2 rings (SSSR count). The van der Waals surface area contributed by atoms with E-state index in [1.807, 2.05) is 5.32 Å². The van der Waals surface area contributed by atoms with Crippen molar-refractivity contribution in [1.82, 2.24) is 5.32 Å². The van der Waals surface area contributed by atoms with Crippen molar-refractivity contribution in [3.8, 4) is 0 Å². The van der Waals surface area contributed by atoms with Crippen LogP contribution in [0.15, 0.2) is 6.07 Å². The van der Waals surface area contributed by atoms with Gasteiger partial charge in [0.05, 0.1) is 6.04 Å². The van der Waals surface area contributed by atoms with Crippen LogP contribution in [0.1, 0.15) is 19.3 Å². The lowest BCUT2D eigenvalue weighted by atomic mass is 10.0. The van der Waals surface area contributed by atoms with Gasteiger partial charge in [-0.15, -0.1) is 0 Å². The molecule has 1 aliphatic rings. The molecule has 1 aromatic rings. The normalized spacial score (nSPS) is 19.3. The molecule has 1 atom stereocenters. The lowest BCUT2D eigenvalue weighted by molar-refractivity contribution is -0.118. The highest BCUT2D eigenvalue weighted by atomic mass is 19.2. The fraction of sp³-hybridized carbons (Fsp3) is 0.417. The average molecular weight is 276 g/mol. The minimum absolute atomic E-state index is 0.0964. The van der Waals surface area contributed by atoms with Crippen molar-refractivity contribution in [3.63, 3.8) is 0 Å². The maximum atomic E-state index is 13.4. The highest BCUT2D eigenvalue weighted by Crippen LogP contribution is 2.24. The van der Waals surface area contributed by atoms with Crippen LogP contribution in [0, 0.1) is 23.3 Å². The number of benzene rings is 1. The number of carbonyl (C=O) groups is 1. The van der Waals surface area contributed by atoms with Gasteiger partial charge >= 0.3 is 0 Å². The number of halogens is 4. The van der Waals surface area contributed by atoms with Gasteiger partial charge < -0.3 is 10.6 Å². The lowest BCUT2D eigenvalue weighted by Crippen LogP contribution is -2.43. The van der Waals surface area contributed by atoms with E-state index >= 15 is 0 Å². The van der Waals surface area contributed by atoms with E-state index in [2.05, 4.69) is 5.32 Å². The summed E-state index contributed by atoms with van der Waals surface area (Å²) in [5.74, 6) is -7.02. The molecule has 104 valence electrons. The zero-order chi connectivity index (χ0) is 14.0. The van der Waals surface area contributed by atoms with Crippen molar-refractivity contribution in [2.75, 3.05) is 11.9 Å². The van der Waals surface area contributed by atoms with Crippen molar-refractivity contribution in [2.24, 2.45) is 0 Å². The highest BCUT2D eigenvalue weighted by molar-refractivity contribution is 5.95. The maximum absolute atomic E-state index is 13.4. The van der Waals surface area contributed by atoms with Gasteiger partial charge in [-0.25, -0.2) is 17.6 Å². The third-order valence-electron chi connectivity index (χ3n) is 2.99. The van der Waals surface area contributed by atoms with Gasteiger partial charge in [0.2, 0.25) is 5.91 Å². The summed E-state index contributed by atoms with van der Waals surface area (Å²) in [6.45, 7) is 0.612. The highest BCUT2D eigenvalue weighted by Gasteiger charge is 2.25. The lowest BCUT2D eigenvalue weighted by Gasteiger charge is -2.22. The number of piperidine rings is 1. The smallest absolute Gasteiger partial charge is 0.241 e. The molecular weight excluding hydrogens is 264 g/mol. The molecule has 0 unspecified atom stereocenters. The summed E-state index contributed by atoms with van der Waals surface area (Å²) >= 11 is 0. The summed E-state index contributed by atoms with van der Waals surface area (Å²) in [4.78, 5) is 11.7. The third-order valence-corrected chi connectivity index (χ3v) is 2.99. The fourth-order valence-electron chi connectivity index (χ4n) is 1.97. The number of hydrogen-bond donors (Lipinski definition) is 2. The van der Waals surface area contributed by atoms with Crippen molar-refractivity contribution in [3.05, 3.63) is 29.3 Å². The Balaban J connectivity index is 2.20. The van der Waals surface area contributed by atoms with Crippen LogP contribution in [0.5, 0.6) is 0 Å². The molecule has 1 saturated heterocycles. The quantitative estimate of drug-likeness (QED) is 0.643. The van der Waals surface area contributed by atoms with E-state index in [-0.39, 0.29) is 6.07 Å². The van der Waals surface area contributed by atoms with Gasteiger partial charge in [-0.2, -0.15) is 0 Å². The standard InChI is InChI=1S/C12H12F4N2O/c13-6-5-7(14)10(16)11(9(6)15)18-12(19)8-3-1-2-4-17-8/h5,8,17H,1-4H2,(H,18,19)/t8-/m1/s1. The van der Waals surface area contributed by atoms with E-state index < -0.39 is 40.9 Å². The van der Waals surface area contributed by atoms with Gasteiger partial charge in [0, 0.05) is 6.07 Å². The van der Waals surface area contributed by atoms with E-state index in [0.29, 0.717) is 13.0 Å². The topological polar surface area (TPSA) is 41.1 Å². The number of amides is 1. The molecule has 3 nitrogen and oxygen atoms in total. The van der Waals surface area contributed by atoms with Crippen LogP contribution in [0.4, 0.5) is 23.2 Å². The summed E-state index contributed by atoms with van der Waals surface area (Å²) in [6.07, 6.45) is 2.21. The SMILES string of the molecule is O=C(Nc1c(F)c(F)cc(F)c1F)[C@H]1CCCCN1. The fourth-order valence-corrected chi connectivity index (χ4v) is 1.97. The molecule has 1 fully saturated rings. The monoisotopic (exact) mass is 276 g/mol. The van der Waals surface area contributed by atoms with E-state index in [4.69, 9.17) is 0 Å². The largest absolute Gasteiger partial charge is 0.320 e. The summed E-state index contributed by atoms with van der Waals surface area (Å²) in [5.41, 5.74) is -1.09. The first-order valence-corrected chi connectivity index (χ1v) is 5.88. The van der Waals surface area contributed by atoms with Crippen LogP contribution in [-0.2, 0) is 4.79 Å². The van der Waals surface area contributed by atoms with Gasteiger partial charge in [0.25, 0.3) is 0 Å². The van der Waals surface area contributed by atoms with Gasteiger partial charge in [-0.05, 0) is 19.4 Å². The van der Waals surface area contributed by atoms with Gasteiger partial charge in [0.15, 0.2) is 23.3 Å². The van der Waals surface area contributed by atoms with Crippen LogP contribution in [0.3, 0.4) is 0 Å². The summed E-state index contributed by atoms with van der Waals surface area (Å²) in [7, 11) is 0. The number of carbonyl (C=O) groups excluding carboxylic acids is 1. The molecule has 0 bridgehead atoms. The Kier molecular flexibility index (Phi) is 4.04. The molecule has 0 spiro atoms. The van der Waals surface area contributed by atoms with Crippen LogP contribution in [0.2, 0.25) is 0 Å². The maximum Gasteiger partial charge on any atom is 0.241 e. The zero-order valence-corrected chi connectivity index (χ0v) is 9.90. The van der Waals surface area contributed by atoms with Crippen molar-refractivity contribution in [1.29, 1.82) is 0 Å². The zero-order valence-electron chi connectivity index (χ0n) is 9.90. The number of nitrogens with one attached hydrogen (secondary N) is 2. The predicted octanol–water partition coefficient (Wildman–Crippen LogP) is 2.32. The van der Waals surface area contributed by atoms with Crippen molar-refractivity contribution < 1.29 is 22.4 Å². The molecule has 19 heavy (non-hydrogen) atoms. The van der Waals surface area contributed by atoms with Crippen molar-refractivity contribution >= 4 is 11.6 Å². The van der Waals surface area contributed by atoms with E-state index in [1.165, 1.54) is 0 Å². The third kappa shape index (κ3) is 2.86. The Hall–Kier alpha value is -1.63. The van der Waals surface area contributed by atoms with Gasteiger partial charge in [-0.3, -0.25) is 4.79 Å². The average Bonchev–Trinajstić information content (AvgIpc) is 2.42. The minimum atomic E-state index is -1.61. The van der Waals surface area contributed by atoms with Crippen LogP contribution in [-0.4, -0.2) is 18.5 Å². The van der Waals surface area contributed by atoms with E-state index in [1.54, 1.807) is 0 Å². The van der Waals surface area contributed by atoms with E-state index in [9.17, 15) is 22.4 Å². The molecule has 0 aromatic heterocycles. The second-order valence-electron chi connectivity index (χ2n) is 4.33. The molecule has 0 aliphatic carbocycles. The molecule has 1 amide bonds. The molecule has 1 aromatic carbocycles. The van der Waals surface area contributed by atoms with Gasteiger partial charge in [0.1, 0.15) is 5.69 Å². The Morgan fingerprint density at radius 1 is 1.16 bits per heavy atom. The van der Waals surface area contributed by atoms with Crippen LogP contribution in [0.25, 0.3) is 0 Å². The Bertz CT molecular complexity index is 475. The number of rotatable bonds is 2. The minimum Gasteiger partial charge on any atom is -0.320 e. The number of anilines is 1. The van der Waals surface area contributed by atoms with Gasteiger partial charge in [-0.1, -0.05) is 6.42 Å².